The van der Waals surface area contributed by atoms with Crippen LogP contribution in [0.4, 0.5) is 0 Å². The molecule has 0 aromatic carbocycles. The number of hydrogen-bond acceptors (Lipinski definition) is 2. The van der Waals surface area contributed by atoms with E-state index in [4.69, 9.17) is 0 Å². The van der Waals surface area contributed by atoms with E-state index >= 15 is 0 Å². The summed E-state index contributed by atoms with van der Waals surface area (Å²) in [6.45, 7) is 4.06. The maximum atomic E-state index is 4.06. The van der Waals surface area contributed by atoms with E-state index < -0.39 is 0 Å². The number of allylic oxidation sites excluding steroid dienone is 2. The lowest BCUT2D eigenvalue weighted by Crippen LogP contribution is -2.24. The molecule has 0 saturated heterocycles. The molecule has 0 aromatic rings. The van der Waals surface area contributed by atoms with Crippen molar-refractivity contribution in [1.29, 1.82) is 0 Å². The van der Waals surface area contributed by atoms with Crippen LogP contribution >= 0.6 is 0 Å². The Hall–Kier alpha value is -0.920. The highest BCUT2D eigenvalue weighted by Crippen LogP contribution is 2.30. The van der Waals surface area contributed by atoms with Crippen molar-refractivity contribution in [2.45, 2.75) is 19.3 Å². The third-order valence-corrected chi connectivity index (χ3v) is 2.30. The minimum atomic E-state index is 1.16. The van der Waals surface area contributed by atoms with E-state index in [1.807, 2.05) is 7.05 Å². The van der Waals surface area contributed by atoms with Crippen LogP contribution in [0, 0.1) is 0 Å². The van der Waals surface area contributed by atoms with Crippen molar-refractivity contribution in [2.75, 3.05) is 21.1 Å². The SMILES string of the molecule is C=C1CCC/C1=C(\NC)N(C)C. The summed E-state index contributed by atoms with van der Waals surface area (Å²) < 4.78 is 0. The van der Waals surface area contributed by atoms with Crippen molar-refractivity contribution in [3.05, 3.63) is 23.5 Å². The van der Waals surface area contributed by atoms with Gasteiger partial charge in [0.2, 0.25) is 0 Å². The van der Waals surface area contributed by atoms with Gasteiger partial charge >= 0.3 is 0 Å². The highest BCUT2D eigenvalue weighted by atomic mass is 15.2. The Morgan fingerprint density at radius 3 is 2.42 bits per heavy atom. The maximum Gasteiger partial charge on any atom is 0.104 e. The van der Waals surface area contributed by atoms with Crippen LogP contribution in [0.25, 0.3) is 0 Å². The average Bonchev–Trinajstić information content (AvgIpc) is 2.38. The molecule has 0 amide bonds. The highest BCUT2D eigenvalue weighted by molar-refractivity contribution is 5.35. The lowest BCUT2D eigenvalue weighted by atomic mass is 10.1. The van der Waals surface area contributed by atoms with Gasteiger partial charge in [0, 0.05) is 21.1 Å². The van der Waals surface area contributed by atoms with E-state index in [9.17, 15) is 0 Å². The average molecular weight is 166 g/mol. The maximum absolute atomic E-state index is 4.06. The first-order chi connectivity index (χ1) is 5.66. The Balaban J connectivity index is 2.91. The predicted octanol–water partition coefficient (Wildman–Crippen LogP) is 1.72. The van der Waals surface area contributed by atoms with Crippen molar-refractivity contribution in [2.24, 2.45) is 0 Å². The second-order valence-corrected chi connectivity index (χ2v) is 3.43. The van der Waals surface area contributed by atoms with Gasteiger partial charge in [-0.3, -0.25) is 0 Å². The molecule has 1 aliphatic carbocycles. The lowest BCUT2D eigenvalue weighted by Gasteiger charge is -2.20. The van der Waals surface area contributed by atoms with E-state index in [0.717, 1.165) is 6.42 Å². The summed E-state index contributed by atoms with van der Waals surface area (Å²) in [6, 6.07) is 0. The first-order valence-electron chi connectivity index (χ1n) is 4.43. The topological polar surface area (TPSA) is 15.3 Å². The first-order valence-corrected chi connectivity index (χ1v) is 4.43. The fourth-order valence-corrected chi connectivity index (χ4v) is 1.74. The third-order valence-electron chi connectivity index (χ3n) is 2.30. The molecule has 0 bridgehead atoms. The summed E-state index contributed by atoms with van der Waals surface area (Å²) in [5.74, 6) is 1.22. The second-order valence-electron chi connectivity index (χ2n) is 3.43. The molecule has 0 aromatic heterocycles. The zero-order valence-corrected chi connectivity index (χ0v) is 8.28. The second kappa shape index (κ2) is 3.65. The Labute approximate surface area is 74.9 Å². The third kappa shape index (κ3) is 1.63. The summed E-state index contributed by atoms with van der Waals surface area (Å²) in [6.07, 6.45) is 3.59. The van der Waals surface area contributed by atoms with Gasteiger partial charge in [-0.05, 0) is 30.4 Å². The molecule has 1 fully saturated rings. The fraction of sp³-hybridized carbons (Fsp3) is 0.600. The number of rotatable bonds is 2. The molecule has 1 saturated carbocycles. The molecule has 0 radical (unpaired) electrons. The molecule has 0 atom stereocenters. The molecule has 2 nitrogen and oxygen atoms in total. The molecule has 12 heavy (non-hydrogen) atoms. The Morgan fingerprint density at radius 2 is 2.08 bits per heavy atom. The Bertz CT molecular complexity index is 214. The van der Waals surface area contributed by atoms with Crippen molar-refractivity contribution < 1.29 is 0 Å². The summed E-state index contributed by atoms with van der Waals surface area (Å²) in [7, 11) is 6.09. The molecule has 0 heterocycles. The van der Waals surface area contributed by atoms with Gasteiger partial charge in [-0.25, -0.2) is 0 Å². The standard InChI is InChI=1S/C10H18N2/c1-8-6-5-7-9(8)10(11-2)12(3)4/h11H,1,5-7H2,2-4H3/b10-9-. The van der Waals surface area contributed by atoms with Gasteiger partial charge in [0.1, 0.15) is 5.82 Å². The van der Waals surface area contributed by atoms with Crippen LogP contribution in [0.15, 0.2) is 23.5 Å². The van der Waals surface area contributed by atoms with Crippen LogP contribution in [-0.4, -0.2) is 26.0 Å². The normalized spacial score (nSPS) is 21.1. The molecule has 0 aliphatic heterocycles. The quantitative estimate of drug-likeness (QED) is 0.672. The van der Waals surface area contributed by atoms with Crippen LogP contribution in [-0.2, 0) is 0 Å². The van der Waals surface area contributed by atoms with Gasteiger partial charge in [0.25, 0.3) is 0 Å². The molecule has 1 rings (SSSR count). The van der Waals surface area contributed by atoms with Crippen LogP contribution in [0.5, 0.6) is 0 Å². The van der Waals surface area contributed by atoms with Crippen LogP contribution in [0.3, 0.4) is 0 Å². The molecular formula is C10H18N2. The summed E-state index contributed by atoms with van der Waals surface area (Å²) in [5, 5.41) is 3.22. The predicted molar refractivity (Wildman–Crippen MR) is 52.8 cm³/mol. The molecular weight excluding hydrogens is 148 g/mol. The van der Waals surface area contributed by atoms with Crippen molar-refractivity contribution in [3.8, 4) is 0 Å². The van der Waals surface area contributed by atoms with E-state index in [-0.39, 0.29) is 0 Å². The molecule has 68 valence electrons. The number of nitrogens with one attached hydrogen (secondary N) is 1. The molecule has 0 spiro atoms. The minimum absolute atomic E-state index is 1.16. The van der Waals surface area contributed by atoms with Gasteiger partial charge in [0.05, 0.1) is 0 Å². The zero-order valence-electron chi connectivity index (χ0n) is 8.28. The van der Waals surface area contributed by atoms with Crippen LogP contribution in [0.1, 0.15) is 19.3 Å². The smallest absolute Gasteiger partial charge is 0.104 e. The fourth-order valence-electron chi connectivity index (χ4n) is 1.74. The molecule has 1 N–H and O–H groups in total. The van der Waals surface area contributed by atoms with Crippen molar-refractivity contribution in [1.82, 2.24) is 10.2 Å². The van der Waals surface area contributed by atoms with E-state index in [1.54, 1.807) is 0 Å². The molecule has 0 unspecified atom stereocenters. The largest absolute Gasteiger partial charge is 0.375 e. The van der Waals surface area contributed by atoms with Crippen molar-refractivity contribution in [3.63, 3.8) is 0 Å². The van der Waals surface area contributed by atoms with E-state index in [1.165, 1.54) is 29.8 Å². The Kier molecular flexibility index (Phi) is 2.79. The van der Waals surface area contributed by atoms with E-state index in [2.05, 4.69) is 30.9 Å². The Morgan fingerprint density at radius 1 is 1.42 bits per heavy atom. The number of hydrogen-bond donors (Lipinski definition) is 1. The molecule has 2 heteroatoms. The first kappa shape index (κ1) is 9.17. The molecule has 1 aliphatic rings. The highest BCUT2D eigenvalue weighted by Gasteiger charge is 2.16. The number of nitrogens with zero attached hydrogens (tertiary/aromatic N) is 1. The van der Waals surface area contributed by atoms with Gasteiger partial charge < -0.3 is 10.2 Å². The van der Waals surface area contributed by atoms with Gasteiger partial charge in [0.15, 0.2) is 0 Å². The lowest BCUT2D eigenvalue weighted by molar-refractivity contribution is 0.468. The summed E-state index contributed by atoms with van der Waals surface area (Å²) in [5.41, 5.74) is 2.70. The summed E-state index contributed by atoms with van der Waals surface area (Å²) in [4.78, 5) is 2.12. The van der Waals surface area contributed by atoms with Crippen LogP contribution in [0.2, 0.25) is 0 Å². The van der Waals surface area contributed by atoms with Gasteiger partial charge in [-0.15, -0.1) is 0 Å². The van der Waals surface area contributed by atoms with Gasteiger partial charge in [-0.2, -0.15) is 0 Å². The van der Waals surface area contributed by atoms with Gasteiger partial charge in [-0.1, -0.05) is 6.58 Å². The minimum Gasteiger partial charge on any atom is -0.375 e. The van der Waals surface area contributed by atoms with Crippen LogP contribution < -0.4 is 5.32 Å². The van der Waals surface area contributed by atoms with Crippen molar-refractivity contribution >= 4 is 0 Å². The summed E-state index contributed by atoms with van der Waals surface area (Å²) >= 11 is 0. The zero-order chi connectivity index (χ0) is 9.14. The van der Waals surface area contributed by atoms with E-state index in [0.29, 0.717) is 0 Å². The monoisotopic (exact) mass is 166 g/mol.